The van der Waals surface area contributed by atoms with Crippen LogP contribution in [0.3, 0.4) is 0 Å². The van der Waals surface area contributed by atoms with Crippen LogP contribution in [0.2, 0.25) is 9.49 Å². The maximum absolute atomic E-state index is 5.92. The molecular formula is C13H14Cl2N4S. The fourth-order valence-electron chi connectivity index (χ4n) is 2.30. The molecule has 7 heteroatoms. The van der Waals surface area contributed by atoms with E-state index < -0.39 is 0 Å². The van der Waals surface area contributed by atoms with Gasteiger partial charge in [0.15, 0.2) is 0 Å². The summed E-state index contributed by atoms with van der Waals surface area (Å²) in [6.45, 7) is 4.88. The maximum Gasteiger partial charge on any atom is 0.207 e. The standard InChI is InChI=1S/C13H14Cl2N4S/c14-10-1-3-11(4-2-10)19-7-5-18(6-8-19)9-12-16-17-13(15)20-12/h1-4H,5-9H2. The van der Waals surface area contributed by atoms with Crippen molar-refractivity contribution in [3.63, 3.8) is 0 Å². The van der Waals surface area contributed by atoms with E-state index >= 15 is 0 Å². The van der Waals surface area contributed by atoms with E-state index in [-0.39, 0.29) is 0 Å². The van der Waals surface area contributed by atoms with Crippen LogP contribution in [0.25, 0.3) is 0 Å². The highest BCUT2D eigenvalue weighted by Gasteiger charge is 2.18. The monoisotopic (exact) mass is 328 g/mol. The van der Waals surface area contributed by atoms with Gasteiger partial charge in [0.25, 0.3) is 0 Å². The molecule has 0 aliphatic carbocycles. The molecule has 1 aliphatic heterocycles. The first-order valence-corrected chi connectivity index (χ1v) is 7.99. The van der Waals surface area contributed by atoms with Crippen molar-refractivity contribution in [3.8, 4) is 0 Å². The lowest BCUT2D eigenvalue weighted by Gasteiger charge is -2.35. The van der Waals surface area contributed by atoms with Gasteiger partial charge in [-0.1, -0.05) is 22.9 Å². The Balaban J connectivity index is 1.55. The molecule has 20 heavy (non-hydrogen) atoms. The molecule has 0 N–H and O–H groups in total. The van der Waals surface area contributed by atoms with Gasteiger partial charge in [0.1, 0.15) is 5.01 Å². The third-order valence-electron chi connectivity index (χ3n) is 3.37. The zero-order chi connectivity index (χ0) is 13.9. The first-order chi connectivity index (χ1) is 9.70. The minimum Gasteiger partial charge on any atom is -0.369 e. The minimum absolute atomic E-state index is 0.514. The predicted molar refractivity (Wildman–Crippen MR) is 83.9 cm³/mol. The molecule has 0 spiro atoms. The summed E-state index contributed by atoms with van der Waals surface area (Å²) in [6.07, 6.45) is 0. The number of anilines is 1. The van der Waals surface area contributed by atoms with Gasteiger partial charge < -0.3 is 4.90 Å². The van der Waals surface area contributed by atoms with Crippen molar-refractivity contribution in [2.45, 2.75) is 6.54 Å². The average molecular weight is 329 g/mol. The van der Waals surface area contributed by atoms with Crippen LogP contribution < -0.4 is 4.90 Å². The van der Waals surface area contributed by atoms with Crippen LogP contribution in [0.15, 0.2) is 24.3 Å². The second-order valence-electron chi connectivity index (χ2n) is 4.69. The van der Waals surface area contributed by atoms with Gasteiger partial charge in [-0.15, -0.1) is 10.2 Å². The summed E-state index contributed by atoms with van der Waals surface area (Å²) in [6, 6.07) is 8.02. The van der Waals surface area contributed by atoms with E-state index in [1.165, 1.54) is 17.0 Å². The van der Waals surface area contributed by atoms with Crippen LogP contribution in [0.5, 0.6) is 0 Å². The molecule has 0 amide bonds. The van der Waals surface area contributed by atoms with Crippen molar-refractivity contribution in [2.75, 3.05) is 31.1 Å². The molecule has 106 valence electrons. The van der Waals surface area contributed by atoms with E-state index in [2.05, 4.69) is 32.1 Å². The average Bonchev–Trinajstić information content (AvgIpc) is 2.86. The van der Waals surface area contributed by atoms with E-state index in [0.717, 1.165) is 42.8 Å². The molecule has 1 aromatic carbocycles. The Bertz CT molecular complexity index is 564. The number of rotatable bonds is 3. The number of nitrogens with zero attached hydrogens (tertiary/aromatic N) is 4. The lowest BCUT2D eigenvalue weighted by molar-refractivity contribution is 0.249. The van der Waals surface area contributed by atoms with Crippen LogP contribution in [-0.4, -0.2) is 41.3 Å². The Morgan fingerprint density at radius 1 is 1.00 bits per heavy atom. The third kappa shape index (κ3) is 3.41. The first-order valence-electron chi connectivity index (χ1n) is 6.41. The summed E-state index contributed by atoms with van der Waals surface area (Å²) in [4.78, 5) is 4.75. The highest BCUT2D eigenvalue weighted by molar-refractivity contribution is 7.15. The molecule has 4 nitrogen and oxygen atoms in total. The van der Waals surface area contributed by atoms with Gasteiger partial charge in [-0.25, -0.2) is 0 Å². The molecule has 1 saturated heterocycles. The molecule has 1 fully saturated rings. The Labute approximate surface area is 131 Å². The summed E-state index contributed by atoms with van der Waals surface area (Å²) in [5.74, 6) is 0. The SMILES string of the molecule is Clc1ccc(N2CCN(Cc3nnc(Cl)s3)CC2)cc1. The van der Waals surface area contributed by atoms with Crippen molar-refractivity contribution in [2.24, 2.45) is 0 Å². The number of aromatic nitrogens is 2. The van der Waals surface area contributed by atoms with E-state index in [4.69, 9.17) is 23.2 Å². The Hall–Kier alpha value is -0.880. The van der Waals surface area contributed by atoms with Crippen molar-refractivity contribution in [1.82, 2.24) is 15.1 Å². The second-order valence-corrected chi connectivity index (χ2v) is 6.77. The molecule has 1 aliphatic rings. The van der Waals surface area contributed by atoms with Gasteiger partial charge in [0, 0.05) is 36.9 Å². The normalized spacial score (nSPS) is 16.6. The van der Waals surface area contributed by atoms with Gasteiger partial charge in [0.05, 0.1) is 6.54 Å². The zero-order valence-corrected chi connectivity index (χ0v) is 13.1. The van der Waals surface area contributed by atoms with Gasteiger partial charge in [-0.05, 0) is 35.9 Å². The number of hydrogen-bond acceptors (Lipinski definition) is 5. The smallest absolute Gasteiger partial charge is 0.207 e. The number of piperazine rings is 1. The molecular weight excluding hydrogens is 315 g/mol. The molecule has 3 rings (SSSR count). The highest BCUT2D eigenvalue weighted by atomic mass is 35.5. The first kappa shape index (κ1) is 14.1. The summed E-state index contributed by atoms with van der Waals surface area (Å²) in [5, 5.41) is 9.66. The van der Waals surface area contributed by atoms with Gasteiger partial charge in [0.2, 0.25) is 4.47 Å². The van der Waals surface area contributed by atoms with E-state index in [1.807, 2.05) is 12.1 Å². The van der Waals surface area contributed by atoms with Crippen molar-refractivity contribution in [3.05, 3.63) is 38.8 Å². The van der Waals surface area contributed by atoms with Crippen molar-refractivity contribution >= 4 is 40.2 Å². The minimum atomic E-state index is 0.514. The van der Waals surface area contributed by atoms with Crippen LogP contribution in [0.4, 0.5) is 5.69 Å². The molecule has 0 saturated carbocycles. The second kappa shape index (κ2) is 6.26. The Morgan fingerprint density at radius 3 is 2.30 bits per heavy atom. The molecule has 0 radical (unpaired) electrons. The molecule has 0 bridgehead atoms. The van der Waals surface area contributed by atoms with E-state index in [9.17, 15) is 0 Å². The van der Waals surface area contributed by atoms with Crippen LogP contribution in [-0.2, 0) is 6.54 Å². The van der Waals surface area contributed by atoms with Crippen molar-refractivity contribution in [1.29, 1.82) is 0 Å². The molecule has 2 heterocycles. The van der Waals surface area contributed by atoms with Crippen LogP contribution >= 0.6 is 34.5 Å². The van der Waals surface area contributed by atoms with Gasteiger partial charge >= 0.3 is 0 Å². The quantitative estimate of drug-likeness (QED) is 0.866. The van der Waals surface area contributed by atoms with E-state index in [0.29, 0.717) is 4.47 Å². The Morgan fingerprint density at radius 2 is 1.70 bits per heavy atom. The van der Waals surface area contributed by atoms with Crippen molar-refractivity contribution < 1.29 is 0 Å². The largest absolute Gasteiger partial charge is 0.369 e. The lowest BCUT2D eigenvalue weighted by atomic mass is 10.2. The number of halogens is 2. The fourth-order valence-corrected chi connectivity index (χ4v) is 3.34. The zero-order valence-electron chi connectivity index (χ0n) is 10.8. The number of benzene rings is 1. The summed E-state index contributed by atoms with van der Waals surface area (Å²) in [7, 11) is 0. The van der Waals surface area contributed by atoms with Crippen LogP contribution in [0.1, 0.15) is 5.01 Å². The molecule has 0 atom stereocenters. The topological polar surface area (TPSA) is 32.3 Å². The summed E-state index contributed by atoms with van der Waals surface area (Å²) >= 11 is 13.2. The van der Waals surface area contributed by atoms with E-state index in [1.54, 1.807) is 0 Å². The molecule has 1 aromatic heterocycles. The highest BCUT2D eigenvalue weighted by Crippen LogP contribution is 2.21. The fraction of sp³-hybridized carbons (Fsp3) is 0.385. The lowest BCUT2D eigenvalue weighted by Crippen LogP contribution is -2.45. The predicted octanol–water partition coefficient (Wildman–Crippen LogP) is 3.17. The third-order valence-corrected chi connectivity index (χ3v) is 4.62. The molecule has 2 aromatic rings. The molecule has 0 unspecified atom stereocenters. The van der Waals surface area contributed by atoms with Crippen LogP contribution in [0, 0.1) is 0 Å². The van der Waals surface area contributed by atoms with Gasteiger partial charge in [-0.2, -0.15) is 0 Å². The van der Waals surface area contributed by atoms with Gasteiger partial charge in [-0.3, -0.25) is 4.90 Å². The summed E-state index contributed by atoms with van der Waals surface area (Å²) in [5.41, 5.74) is 1.23. The number of hydrogen-bond donors (Lipinski definition) is 0. The summed E-state index contributed by atoms with van der Waals surface area (Å²) < 4.78 is 0.514. The maximum atomic E-state index is 5.92. The Kier molecular flexibility index (Phi) is 4.41.